The number of nitrogens with one attached hydrogen (secondary N) is 1. The fourth-order valence-corrected chi connectivity index (χ4v) is 4.51. The van der Waals surface area contributed by atoms with Crippen molar-refractivity contribution >= 4 is 40.0 Å². The van der Waals surface area contributed by atoms with Crippen LogP contribution in [-0.4, -0.2) is 37.9 Å². The van der Waals surface area contributed by atoms with Gasteiger partial charge < -0.3 is 10.6 Å². The number of nitrogens with two attached hydrogens (primary N) is 1. The lowest BCUT2D eigenvalue weighted by Gasteiger charge is -2.31. The van der Waals surface area contributed by atoms with Crippen LogP contribution in [0.3, 0.4) is 0 Å². The number of guanidine groups is 1. The predicted octanol–water partition coefficient (Wildman–Crippen LogP) is 2.93. The van der Waals surface area contributed by atoms with Crippen LogP contribution in [0.15, 0.2) is 34.2 Å². The number of sulfonamides is 1. The second kappa shape index (κ2) is 9.36. The maximum atomic E-state index is 12.6. The van der Waals surface area contributed by atoms with Gasteiger partial charge in [-0.15, -0.1) is 24.0 Å². The molecule has 1 aromatic rings. The summed E-state index contributed by atoms with van der Waals surface area (Å²) in [6.45, 7) is 9.76. The Kier molecular flexibility index (Phi) is 8.34. The molecule has 0 bridgehead atoms. The van der Waals surface area contributed by atoms with Crippen LogP contribution >= 0.6 is 24.0 Å². The van der Waals surface area contributed by atoms with Crippen LogP contribution in [0.5, 0.6) is 0 Å². The number of piperidine rings is 1. The first-order valence-electron chi connectivity index (χ1n) is 8.75. The molecule has 0 aromatic heterocycles. The summed E-state index contributed by atoms with van der Waals surface area (Å²) in [5, 5.41) is 0. The molecular formula is C18H31IN4O2S. The highest BCUT2D eigenvalue weighted by molar-refractivity contribution is 14.0. The quantitative estimate of drug-likeness (QED) is 0.383. The van der Waals surface area contributed by atoms with Crippen molar-refractivity contribution in [2.45, 2.75) is 57.5 Å². The summed E-state index contributed by atoms with van der Waals surface area (Å²) in [4.78, 5) is 6.77. The van der Waals surface area contributed by atoms with Gasteiger partial charge in [0.1, 0.15) is 0 Å². The molecule has 0 saturated carbocycles. The summed E-state index contributed by atoms with van der Waals surface area (Å²) in [5.74, 6) is 1.21. The van der Waals surface area contributed by atoms with Gasteiger partial charge in [-0.05, 0) is 51.2 Å². The molecule has 1 fully saturated rings. The van der Waals surface area contributed by atoms with Gasteiger partial charge in [-0.2, -0.15) is 0 Å². The van der Waals surface area contributed by atoms with E-state index in [9.17, 15) is 8.42 Å². The minimum atomic E-state index is -3.60. The van der Waals surface area contributed by atoms with Crippen LogP contribution in [-0.2, 0) is 16.6 Å². The van der Waals surface area contributed by atoms with Gasteiger partial charge in [0, 0.05) is 18.6 Å². The van der Waals surface area contributed by atoms with Crippen LogP contribution in [0.25, 0.3) is 0 Å². The highest BCUT2D eigenvalue weighted by Crippen LogP contribution is 2.19. The van der Waals surface area contributed by atoms with Gasteiger partial charge >= 0.3 is 0 Å². The lowest BCUT2D eigenvalue weighted by atomic mass is 10.00. The van der Waals surface area contributed by atoms with E-state index in [0.717, 1.165) is 31.8 Å². The molecule has 26 heavy (non-hydrogen) atoms. The number of benzene rings is 1. The number of rotatable bonds is 4. The molecule has 1 saturated heterocycles. The van der Waals surface area contributed by atoms with Crippen molar-refractivity contribution in [3.63, 3.8) is 0 Å². The van der Waals surface area contributed by atoms with Crippen molar-refractivity contribution in [1.82, 2.24) is 9.62 Å². The maximum Gasteiger partial charge on any atom is 0.241 e. The molecule has 3 N–H and O–H groups in total. The highest BCUT2D eigenvalue weighted by Gasteiger charge is 2.24. The van der Waals surface area contributed by atoms with Crippen LogP contribution in [0.1, 0.15) is 46.1 Å². The van der Waals surface area contributed by atoms with Gasteiger partial charge in [0.25, 0.3) is 0 Å². The topological polar surface area (TPSA) is 87.8 Å². The SMILES string of the molecule is CC1CCN(C(N)=NCc2ccccc2S(=O)(=O)NC(C)(C)C)CC1.I. The van der Waals surface area contributed by atoms with Crippen molar-refractivity contribution in [2.24, 2.45) is 16.6 Å². The van der Waals surface area contributed by atoms with E-state index in [-0.39, 0.29) is 35.4 Å². The molecule has 0 atom stereocenters. The number of nitrogens with zero attached hydrogens (tertiary/aromatic N) is 2. The van der Waals surface area contributed by atoms with Gasteiger partial charge in [-0.1, -0.05) is 25.1 Å². The second-order valence-electron chi connectivity index (χ2n) is 7.81. The summed E-state index contributed by atoms with van der Waals surface area (Å²) in [6, 6.07) is 6.93. The van der Waals surface area contributed by atoms with E-state index in [1.807, 2.05) is 26.8 Å². The number of aliphatic imine (C=N–C) groups is 1. The van der Waals surface area contributed by atoms with Crippen molar-refractivity contribution < 1.29 is 8.42 Å². The minimum absolute atomic E-state index is 0. The molecule has 0 amide bonds. The summed E-state index contributed by atoms with van der Waals surface area (Å²) < 4.78 is 28.0. The molecule has 2 rings (SSSR count). The third-order valence-corrected chi connectivity index (χ3v) is 6.08. The molecule has 6 nitrogen and oxygen atoms in total. The van der Waals surface area contributed by atoms with E-state index in [1.165, 1.54) is 0 Å². The number of hydrogen-bond acceptors (Lipinski definition) is 3. The fourth-order valence-electron chi connectivity index (χ4n) is 2.86. The molecular weight excluding hydrogens is 463 g/mol. The van der Waals surface area contributed by atoms with Crippen LogP contribution in [0.2, 0.25) is 0 Å². The summed E-state index contributed by atoms with van der Waals surface area (Å²) in [7, 11) is -3.60. The molecule has 0 radical (unpaired) electrons. The molecule has 1 heterocycles. The van der Waals surface area contributed by atoms with E-state index in [4.69, 9.17) is 5.73 Å². The van der Waals surface area contributed by atoms with Crippen molar-refractivity contribution in [2.75, 3.05) is 13.1 Å². The van der Waals surface area contributed by atoms with Gasteiger partial charge in [0.2, 0.25) is 10.0 Å². The van der Waals surface area contributed by atoms with E-state index in [0.29, 0.717) is 11.5 Å². The Morgan fingerprint density at radius 1 is 1.27 bits per heavy atom. The zero-order valence-corrected chi connectivity index (χ0v) is 19.2. The highest BCUT2D eigenvalue weighted by atomic mass is 127. The van der Waals surface area contributed by atoms with E-state index < -0.39 is 15.6 Å². The number of halogens is 1. The average Bonchev–Trinajstić information content (AvgIpc) is 2.51. The third kappa shape index (κ3) is 6.70. The average molecular weight is 494 g/mol. The Bertz CT molecular complexity index is 721. The summed E-state index contributed by atoms with van der Waals surface area (Å²) in [6.07, 6.45) is 2.22. The van der Waals surface area contributed by atoms with Gasteiger partial charge in [0.15, 0.2) is 5.96 Å². The predicted molar refractivity (Wildman–Crippen MR) is 117 cm³/mol. The first-order chi connectivity index (χ1) is 11.6. The van der Waals surface area contributed by atoms with E-state index >= 15 is 0 Å². The monoisotopic (exact) mass is 494 g/mol. The molecule has 0 spiro atoms. The van der Waals surface area contributed by atoms with Crippen molar-refractivity contribution in [3.8, 4) is 0 Å². The molecule has 148 valence electrons. The Labute approximate surface area is 174 Å². The molecule has 1 aliphatic heterocycles. The Hall–Kier alpha value is -0.870. The van der Waals surface area contributed by atoms with Crippen molar-refractivity contribution in [3.05, 3.63) is 29.8 Å². The Morgan fingerprint density at radius 3 is 2.42 bits per heavy atom. The molecule has 1 aliphatic rings. The van der Waals surface area contributed by atoms with Crippen molar-refractivity contribution in [1.29, 1.82) is 0 Å². The maximum absolute atomic E-state index is 12.6. The second-order valence-corrected chi connectivity index (χ2v) is 9.46. The van der Waals surface area contributed by atoms with Crippen LogP contribution in [0, 0.1) is 5.92 Å². The van der Waals surface area contributed by atoms with Gasteiger partial charge in [0.05, 0.1) is 11.4 Å². The first-order valence-corrected chi connectivity index (χ1v) is 10.2. The third-order valence-electron chi connectivity index (χ3n) is 4.22. The summed E-state index contributed by atoms with van der Waals surface area (Å²) in [5.41, 5.74) is 6.22. The first kappa shape index (κ1) is 23.2. The smallest absolute Gasteiger partial charge is 0.241 e. The lowest BCUT2D eigenvalue weighted by molar-refractivity contribution is 0.277. The minimum Gasteiger partial charge on any atom is -0.370 e. The van der Waals surface area contributed by atoms with E-state index in [1.54, 1.807) is 18.2 Å². The van der Waals surface area contributed by atoms with Gasteiger partial charge in [-0.25, -0.2) is 18.1 Å². The van der Waals surface area contributed by atoms with Crippen LogP contribution in [0.4, 0.5) is 0 Å². The van der Waals surface area contributed by atoms with E-state index in [2.05, 4.69) is 21.5 Å². The molecule has 0 unspecified atom stereocenters. The largest absolute Gasteiger partial charge is 0.370 e. The summed E-state index contributed by atoms with van der Waals surface area (Å²) >= 11 is 0. The zero-order chi connectivity index (χ0) is 18.7. The molecule has 0 aliphatic carbocycles. The standard InChI is InChI=1S/C18H30N4O2S.HI/c1-14-9-11-22(12-10-14)17(19)20-13-15-7-5-6-8-16(15)25(23,24)21-18(2,3)4;/h5-8,14,21H,9-13H2,1-4H3,(H2,19,20);1H. The lowest BCUT2D eigenvalue weighted by Crippen LogP contribution is -2.42. The van der Waals surface area contributed by atoms with Gasteiger partial charge in [-0.3, -0.25) is 0 Å². The Morgan fingerprint density at radius 2 is 1.85 bits per heavy atom. The molecule has 1 aromatic carbocycles. The molecule has 8 heteroatoms. The van der Waals surface area contributed by atoms with Crippen LogP contribution < -0.4 is 10.5 Å². The Balaban J connectivity index is 0.00000338. The normalized spacial score (nSPS) is 17.1. The zero-order valence-electron chi connectivity index (χ0n) is 16.0. The fraction of sp³-hybridized carbons (Fsp3) is 0.611. The number of hydrogen-bond donors (Lipinski definition) is 2. The number of likely N-dealkylation sites (tertiary alicyclic amines) is 1.